The second kappa shape index (κ2) is 10.0. The lowest BCUT2D eigenvalue weighted by Gasteiger charge is -2.09. The van der Waals surface area contributed by atoms with Gasteiger partial charge in [-0.15, -0.1) is 0 Å². The van der Waals surface area contributed by atoms with Crippen molar-refractivity contribution >= 4 is 22.1 Å². The molecule has 0 aliphatic carbocycles. The Labute approximate surface area is 161 Å². The van der Waals surface area contributed by atoms with Crippen LogP contribution in [0, 0.1) is 6.92 Å². The molecule has 0 aromatic heterocycles. The maximum absolute atomic E-state index is 12.4. The summed E-state index contributed by atoms with van der Waals surface area (Å²) in [6, 6.07) is 14.0. The average molecular weight is 388 g/mol. The summed E-state index contributed by atoms with van der Waals surface area (Å²) >= 11 is 0. The van der Waals surface area contributed by atoms with E-state index in [0.717, 1.165) is 29.5 Å². The highest BCUT2D eigenvalue weighted by Crippen LogP contribution is 2.14. The molecule has 27 heavy (non-hydrogen) atoms. The Balaban J connectivity index is 2.05. The molecule has 2 aromatic carbocycles. The summed E-state index contributed by atoms with van der Waals surface area (Å²) in [5.41, 5.74) is 2.53. The van der Waals surface area contributed by atoms with Crippen molar-refractivity contribution in [2.24, 2.45) is 0 Å². The van der Waals surface area contributed by atoms with Gasteiger partial charge in [0.1, 0.15) is 0 Å². The molecule has 0 saturated heterocycles. The van der Waals surface area contributed by atoms with E-state index >= 15 is 0 Å². The number of unbranched alkanes of at least 4 members (excludes halogenated alkanes) is 1. The van der Waals surface area contributed by atoms with Crippen LogP contribution in [0.2, 0.25) is 0 Å². The van der Waals surface area contributed by atoms with Crippen LogP contribution in [-0.2, 0) is 26.1 Å². The lowest BCUT2D eigenvalue weighted by Crippen LogP contribution is -2.23. The number of hydrogen-bond donors (Lipinski definition) is 1. The van der Waals surface area contributed by atoms with Crippen molar-refractivity contribution in [3.8, 4) is 0 Å². The Bertz CT molecular complexity index is 887. The summed E-state index contributed by atoms with van der Waals surface area (Å²) in [6.07, 6.45) is 4.80. The molecule has 0 aliphatic heterocycles. The van der Waals surface area contributed by atoms with Gasteiger partial charge in [0.15, 0.2) is 0 Å². The van der Waals surface area contributed by atoms with Crippen LogP contribution >= 0.6 is 0 Å². The van der Waals surface area contributed by atoms with Gasteiger partial charge in [-0.3, -0.25) is 0 Å². The summed E-state index contributed by atoms with van der Waals surface area (Å²) in [5, 5.41) is 0. The molecule has 0 atom stereocenters. The molecule has 0 fully saturated rings. The van der Waals surface area contributed by atoms with Crippen molar-refractivity contribution in [2.45, 2.75) is 38.1 Å². The first kappa shape index (κ1) is 20.9. The predicted octanol–water partition coefficient (Wildman–Crippen LogP) is 3.83. The first-order chi connectivity index (χ1) is 12.9. The third-order valence-corrected chi connectivity index (χ3v) is 5.40. The lowest BCUT2D eigenvalue weighted by molar-refractivity contribution is -0.137. The molecule has 0 amide bonds. The van der Waals surface area contributed by atoms with Gasteiger partial charge in [0.25, 0.3) is 0 Å². The molecule has 144 valence electrons. The number of ether oxygens (including phenoxy) is 1. The lowest BCUT2D eigenvalue weighted by atomic mass is 10.1. The van der Waals surface area contributed by atoms with Crippen molar-refractivity contribution < 1.29 is 17.9 Å². The van der Waals surface area contributed by atoms with Gasteiger partial charge in [0, 0.05) is 12.6 Å². The van der Waals surface area contributed by atoms with Gasteiger partial charge in [-0.2, -0.15) is 0 Å². The Morgan fingerprint density at radius 2 is 1.81 bits per heavy atom. The van der Waals surface area contributed by atoms with E-state index in [1.165, 1.54) is 6.08 Å². The fraction of sp³-hybridized carbons (Fsp3) is 0.286. The SMILES string of the molecule is CCCCOC(=O)/C=C/c1ccccc1CNS(=O)(=O)c1ccc(C)cc1. The molecule has 0 spiro atoms. The van der Waals surface area contributed by atoms with Gasteiger partial charge in [0.05, 0.1) is 11.5 Å². The quantitative estimate of drug-likeness (QED) is 0.403. The minimum atomic E-state index is -3.60. The van der Waals surface area contributed by atoms with E-state index in [0.29, 0.717) is 6.61 Å². The molecule has 2 rings (SSSR count). The fourth-order valence-electron chi connectivity index (χ4n) is 2.35. The molecule has 0 saturated carbocycles. The Hall–Kier alpha value is -2.44. The second-order valence-corrected chi connectivity index (χ2v) is 7.96. The largest absolute Gasteiger partial charge is 0.463 e. The molecule has 5 nitrogen and oxygen atoms in total. The molecule has 0 heterocycles. The third kappa shape index (κ3) is 6.66. The number of esters is 1. The minimum Gasteiger partial charge on any atom is -0.463 e. The smallest absolute Gasteiger partial charge is 0.330 e. The zero-order valence-corrected chi connectivity index (χ0v) is 16.5. The van der Waals surface area contributed by atoms with E-state index in [1.54, 1.807) is 30.3 Å². The number of sulfonamides is 1. The maximum Gasteiger partial charge on any atom is 0.330 e. The molecule has 6 heteroatoms. The molecular formula is C21H25NO4S. The van der Waals surface area contributed by atoms with Gasteiger partial charge in [-0.05, 0) is 42.7 Å². The highest BCUT2D eigenvalue weighted by molar-refractivity contribution is 7.89. The Kier molecular flexibility index (Phi) is 7.76. The number of aryl methyl sites for hydroxylation is 1. The molecular weight excluding hydrogens is 362 g/mol. The summed E-state index contributed by atoms with van der Waals surface area (Å²) < 4.78 is 32.6. The minimum absolute atomic E-state index is 0.127. The van der Waals surface area contributed by atoms with Gasteiger partial charge in [-0.25, -0.2) is 17.9 Å². The maximum atomic E-state index is 12.4. The van der Waals surface area contributed by atoms with Crippen LogP contribution in [0.3, 0.4) is 0 Å². The van der Waals surface area contributed by atoms with Crippen molar-refractivity contribution in [3.05, 3.63) is 71.3 Å². The highest BCUT2D eigenvalue weighted by atomic mass is 32.2. The Morgan fingerprint density at radius 1 is 1.11 bits per heavy atom. The van der Waals surface area contributed by atoms with E-state index in [4.69, 9.17) is 4.74 Å². The second-order valence-electron chi connectivity index (χ2n) is 6.19. The number of nitrogens with one attached hydrogen (secondary N) is 1. The van der Waals surface area contributed by atoms with Crippen LogP contribution in [0.5, 0.6) is 0 Å². The van der Waals surface area contributed by atoms with E-state index in [9.17, 15) is 13.2 Å². The van der Waals surface area contributed by atoms with Crippen molar-refractivity contribution in [1.29, 1.82) is 0 Å². The molecule has 0 bridgehead atoms. The first-order valence-corrected chi connectivity index (χ1v) is 10.4. The van der Waals surface area contributed by atoms with Crippen molar-refractivity contribution in [1.82, 2.24) is 4.72 Å². The normalized spacial score (nSPS) is 11.6. The zero-order valence-electron chi connectivity index (χ0n) is 15.6. The van der Waals surface area contributed by atoms with Crippen LogP contribution in [0.4, 0.5) is 0 Å². The van der Waals surface area contributed by atoms with Gasteiger partial charge < -0.3 is 4.74 Å². The van der Waals surface area contributed by atoms with E-state index < -0.39 is 16.0 Å². The third-order valence-electron chi connectivity index (χ3n) is 3.98. The highest BCUT2D eigenvalue weighted by Gasteiger charge is 2.13. The van der Waals surface area contributed by atoms with Crippen LogP contribution in [0.25, 0.3) is 6.08 Å². The average Bonchev–Trinajstić information content (AvgIpc) is 2.66. The predicted molar refractivity (Wildman–Crippen MR) is 107 cm³/mol. The monoisotopic (exact) mass is 387 g/mol. The summed E-state index contributed by atoms with van der Waals surface area (Å²) in [6.45, 7) is 4.45. The summed E-state index contributed by atoms with van der Waals surface area (Å²) in [5.74, 6) is -0.404. The van der Waals surface area contributed by atoms with Gasteiger partial charge >= 0.3 is 5.97 Å². The molecule has 0 aliphatic rings. The van der Waals surface area contributed by atoms with Crippen LogP contribution in [0.15, 0.2) is 59.5 Å². The number of rotatable bonds is 9. The number of carbonyl (C=O) groups excluding carboxylic acids is 1. The van der Waals surface area contributed by atoms with Crippen LogP contribution < -0.4 is 4.72 Å². The zero-order chi connectivity index (χ0) is 19.7. The standard InChI is InChI=1S/C21H25NO4S/c1-3-4-15-26-21(23)14-11-18-7-5-6-8-19(18)16-22-27(24,25)20-12-9-17(2)10-13-20/h5-14,22H,3-4,15-16H2,1-2H3/b14-11+. The molecule has 0 radical (unpaired) electrons. The molecule has 2 aromatic rings. The number of benzene rings is 2. The van der Waals surface area contributed by atoms with E-state index in [1.807, 2.05) is 38.1 Å². The van der Waals surface area contributed by atoms with E-state index in [-0.39, 0.29) is 11.4 Å². The summed E-state index contributed by atoms with van der Waals surface area (Å²) in [7, 11) is -3.60. The molecule has 1 N–H and O–H groups in total. The molecule has 0 unspecified atom stereocenters. The number of hydrogen-bond acceptors (Lipinski definition) is 4. The number of carbonyl (C=O) groups is 1. The van der Waals surface area contributed by atoms with E-state index in [2.05, 4.69) is 4.72 Å². The first-order valence-electron chi connectivity index (χ1n) is 8.91. The van der Waals surface area contributed by atoms with Crippen molar-refractivity contribution in [2.75, 3.05) is 6.61 Å². The summed E-state index contributed by atoms with van der Waals surface area (Å²) in [4.78, 5) is 11.9. The van der Waals surface area contributed by atoms with Gasteiger partial charge in [-0.1, -0.05) is 55.3 Å². The van der Waals surface area contributed by atoms with Crippen molar-refractivity contribution in [3.63, 3.8) is 0 Å². The topological polar surface area (TPSA) is 72.5 Å². The van der Waals surface area contributed by atoms with Gasteiger partial charge in [0.2, 0.25) is 10.0 Å². The Morgan fingerprint density at radius 3 is 2.52 bits per heavy atom. The van der Waals surface area contributed by atoms with Crippen LogP contribution in [0.1, 0.15) is 36.5 Å². The fourth-order valence-corrected chi connectivity index (χ4v) is 3.36. The van der Waals surface area contributed by atoms with Crippen LogP contribution in [-0.4, -0.2) is 21.0 Å².